The number of hydrogen-bond acceptors (Lipinski definition) is 2. The summed E-state index contributed by atoms with van der Waals surface area (Å²) in [5.74, 6) is -0.950. The number of pyridine rings is 1. The molecule has 3 nitrogen and oxygen atoms in total. The van der Waals surface area contributed by atoms with E-state index in [4.69, 9.17) is 0 Å². The van der Waals surface area contributed by atoms with Crippen molar-refractivity contribution in [2.24, 2.45) is 0 Å². The number of halogens is 2. The van der Waals surface area contributed by atoms with Gasteiger partial charge in [-0.15, -0.1) is 0 Å². The van der Waals surface area contributed by atoms with E-state index < -0.39 is 5.95 Å². The first kappa shape index (κ1) is 14.7. The Bertz CT molecular complexity index is 601. The van der Waals surface area contributed by atoms with Gasteiger partial charge in [0.2, 0.25) is 5.95 Å². The van der Waals surface area contributed by atoms with Gasteiger partial charge in [-0.1, -0.05) is 28.1 Å². The molecule has 1 unspecified atom stereocenters. The molecule has 0 saturated heterocycles. The van der Waals surface area contributed by atoms with Crippen molar-refractivity contribution in [3.8, 4) is 0 Å². The molecule has 0 radical (unpaired) electrons. The average Bonchev–Trinajstić information content (AvgIpc) is 2.41. The second kappa shape index (κ2) is 6.61. The van der Waals surface area contributed by atoms with Crippen molar-refractivity contribution in [2.45, 2.75) is 19.4 Å². The van der Waals surface area contributed by atoms with Gasteiger partial charge in [0.25, 0.3) is 5.91 Å². The van der Waals surface area contributed by atoms with Crippen LogP contribution in [-0.2, 0) is 6.42 Å². The third-order valence-electron chi connectivity index (χ3n) is 2.82. The fourth-order valence-corrected chi connectivity index (χ4v) is 2.14. The van der Waals surface area contributed by atoms with E-state index in [1.54, 1.807) is 0 Å². The lowest BCUT2D eigenvalue weighted by atomic mass is 10.1. The molecule has 1 amide bonds. The van der Waals surface area contributed by atoms with Crippen LogP contribution in [0.2, 0.25) is 0 Å². The highest BCUT2D eigenvalue weighted by atomic mass is 79.9. The maximum atomic E-state index is 13.0. The number of aromatic nitrogens is 1. The number of carbonyl (C=O) groups excluding carboxylic acids is 1. The summed E-state index contributed by atoms with van der Waals surface area (Å²) in [4.78, 5) is 15.4. The molecule has 2 aromatic rings. The van der Waals surface area contributed by atoms with E-state index in [9.17, 15) is 9.18 Å². The maximum absolute atomic E-state index is 13.0. The van der Waals surface area contributed by atoms with Crippen molar-refractivity contribution in [3.63, 3.8) is 0 Å². The highest BCUT2D eigenvalue weighted by molar-refractivity contribution is 9.10. The van der Waals surface area contributed by atoms with Gasteiger partial charge in [0.1, 0.15) is 0 Å². The fourth-order valence-electron chi connectivity index (χ4n) is 1.88. The van der Waals surface area contributed by atoms with Gasteiger partial charge in [-0.2, -0.15) is 4.39 Å². The summed E-state index contributed by atoms with van der Waals surface area (Å²) in [5, 5.41) is 2.84. The zero-order chi connectivity index (χ0) is 14.5. The van der Waals surface area contributed by atoms with E-state index in [1.807, 2.05) is 31.2 Å². The first-order valence-corrected chi connectivity index (χ1v) is 7.01. The topological polar surface area (TPSA) is 42.0 Å². The number of amides is 1. The monoisotopic (exact) mass is 336 g/mol. The number of rotatable bonds is 4. The van der Waals surface area contributed by atoms with Crippen LogP contribution in [0.25, 0.3) is 0 Å². The highest BCUT2D eigenvalue weighted by Gasteiger charge is 2.11. The van der Waals surface area contributed by atoms with Gasteiger partial charge in [-0.25, -0.2) is 4.98 Å². The van der Waals surface area contributed by atoms with Crippen LogP contribution in [-0.4, -0.2) is 16.9 Å². The van der Waals surface area contributed by atoms with Gasteiger partial charge in [-0.3, -0.25) is 4.79 Å². The first-order chi connectivity index (χ1) is 9.54. The number of benzene rings is 1. The van der Waals surface area contributed by atoms with Gasteiger partial charge in [0, 0.05) is 28.3 Å². The Morgan fingerprint density at radius 1 is 1.35 bits per heavy atom. The summed E-state index contributed by atoms with van der Waals surface area (Å²) in [6.45, 7) is 1.91. The van der Waals surface area contributed by atoms with E-state index in [2.05, 4.69) is 26.2 Å². The van der Waals surface area contributed by atoms with E-state index in [0.29, 0.717) is 6.42 Å². The summed E-state index contributed by atoms with van der Waals surface area (Å²) < 4.78 is 14.0. The molecule has 1 atom stereocenters. The Balaban J connectivity index is 1.95. The molecule has 5 heteroatoms. The summed E-state index contributed by atoms with van der Waals surface area (Å²) in [6.07, 6.45) is 2.00. The van der Waals surface area contributed by atoms with Gasteiger partial charge in [0.05, 0.1) is 0 Å². The summed E-state index contributed by atoms with van der Waals surface area (Å²) in [5.41, 5.74) is 1.40. The van der Waals surface area contributed by atoms with E-state index >= 15 is 0 Å². The van der Waals surface area contributed by atoms with Crippen LogP contribution >= 0.6 is 15.9 Å². The molecule has 0 saturated carbocycles. The van der Waals surface area contributed by atoms with E-state index in [0.717, 1.165) is 16.1 Å². The van der Waals surface area contributed by atoms with Crippen molar-refractivity contribution in [2.75, 3.05) is 0 Å². The van der Waals surface area contributed by atoms with Crippen molar-refractivity contribution in [1.29, 1.82) is 0 Å². The van der Waals surface area contributed by atoms with Crippen LogP contribution in [0, 0.1) is 5.95 Å². The van der Waals surface area contributed by atoms with Crippen LogP contribution in [0.15, 0.2) is 47.1 Å². The molecule has 0 aliphatic carbocycles. The summed E-state index contributed by atoms with van der Waals surface area (Å²) in [6, 6.07) is 10.5. The minimum absolute atomic E-state index is 0.0418. The van der Waals surface area contributed by atoms with E-state index in [-0.39, 0.29) is 17.5 Å². The number of hydrogen-bond donors (Lipinski definition) is 1. The standard InChI is InChI=1S/C15H14BrFN2O/c1-10(8-11-2-4-13(16)5-3-11)19-15(20)12-6-7-18-14(17)9-12/h2-7,9-10H,8H2,1H3,(H,19,20). The number of nitrogens with zero attached hydrogens (tertiary/aromatic N) is 1. The summed E-state index contributed by atoms with van der Waals surface area (Å²) in [7, 11) is 0. The molecule has 0 bridgehead atoms. The van der Waals surface area contributed by atoms with Crippen LogP contribution in [0.3, 0.4) is 0 Å². The van der Waals surface area contributed by atoms with Gasteiger partial charge < -0.3 is 5.32 Å². The molecule has 0 spiro atoms. The summed E-state index contributed by atoms with van der Waals surface area (Å²) >= 11 is 3.38. The molecule has 0 aliphatic heterocycles. The molecule has 2 rings (SSSR count). The second-order valence-corrected chi connectivity index (χ2v) is 5.49. The second-order valence-electron chi connectivity index (χ2n) is 4.57. The smallest absolute Gasteiger partial charge is 0.251 e. The normalized spacial score (nSPS) is 11.9. The van der Waals surface area contributed by atoms with Crippen molar-refractivity contribution in [3.05, 3.63) is 64.1 Å². The Morgan fingerprint density at radius 2 is 2.05 bits per heavy atom. The van der Waals surface area contributed by atoms with Gasteiger partial charge in [0.15, 0.2) is 0 Å². The van der Waals surface area contributed by atoms with Crippen molar-refractivity contribution >= 4 is 21.8 Å². The van der Waals surface area contributed by atoms with Crippen molar-refractivity contribution in [1.82, 2.24) is 10.3 Å². The molecule has 0 fully saturated rings. The predicted octanol–water partition coefficient (Wildman–Crippen LogP) is 3.34. The quantitative estimate of drug-likeness (QED) is 0.870. The first-order valence-electron chi connectivity index (χ1n) is 6.21. The van der Waals surface area contributed by atoms with Crippen LogP contribution in [0.4, 0.5) is 4.39 Å². The van der Waals surface area contributed by atoms with Crippen LogP contribution in [0.5, 0.6) is 0 Å². The van der Waals surface area contributed by atoms with E-state index in [1.165, 1.54) is 12.3 Å². The minimum atomic E-state index is -0.654. The molecule has 0 aliphatic rings. The molecule has 1 heterocycles. The third-order valence-corrected chi connectivity index (χ3v) is 3.35. The Morgan fingerprint density at radius 3 is 2.70 bits per heavy atom. The van der Waals surface area contributed by atoms with Gasteiger partial charge >= 0.3 is 0 Å². The van der Waals surface area contributed by atoms with Crippen LogP contribution in [0.1, 0.15) is 22.8 Å². The van der Waals surface area contributed by atoms with Crippen LogP contribution < -0.4 is 5.32 Å². The molecule has 20 heavy (non-hydrogen) atoms. The lowest BCUT2D eigenvalue weighted by Gasteiger charge is -2.14. The third kappa shape index (κ3) is 4.13. The SMILES string of the molecule is CC(Cc1ccc(Br)cc1)NC(=O)c1ccnc(F)c1. The Labute approximate surface area is 125 Å². The molecule has 1 N–H and O–H groups in total. The molecular weight excluding hydrogens is 323 g/mol. The zero-order valence-corrected chi connectivity index (χ0v) is 12.5. The largest absolute Gasteiger partial charge is 0.349 e. The lowest BCUT2D eigenvalue weighted by molar-refractivity contribution is 0.0939. The zero-order valence-electron chi connectivity index (χ0n) is 10.9. The average molecular weight is 337 g/mol. The number of nitrogens with one attached hydrogen (secondary N) is 1. The molecule has 1 aromatic carbocycles. The number of carbonyl (C=O) groups is 1. The molecule has 104 valence electrons. The Hall–Kier alpha value is -1.75. The predicted molar refractivity (Wildman–Crippen MR) is 79.0 cm³/mol. The maximum Gasteiger partial charge on any atom is 0.251 e. The minimum Gasteiger partial charge on any atom is -0.349 e. The highest BCUT2D eigenvalue weighted by Crippen LogP contribution is 2.12. The van der Waals surface area contributed by atoms with Gasteiger partial charge in [-0.05, 0) is 37.1 Å². The van der Waals surface area contributed by atoms with Crippen molar-refractivity contribution < 1.29 is 9.18 Å². The lowest BCUT2D eigenvalue weighted by Crippen LogP contribution is -2.34. The molecular formula is C15H14BrFN2O. The molecule has 1 aromatic heterocycles. The Kier molecular flexibility index (Phi) is 4.84. The fraction of sp³-hybridized carbons (Fsp3) is 0.200.